The Morgan fingerprint density at radius 2 is 0.604 bits per heavy atom. The van der Waals surface area contributed by atoms with Crippen molar-refractivity contribution in [3.8, 4) is 41.8 Å². The van der Waals surface area contributed by atoms with E-state index in [1.807, 2.05) is 0 Å². The molecule has 0 spiro atoms. The summed E-state index contributed by atoms with van der Waals surface area (Å²) in [6, 6.07) is 26.4. The van der Waals surface area contributed by atoms with E-state index in [-0.39, 0.29) is 0 Å². The van der Waals surface area contributed by atoms with Crippen molar-refractivity contribution in [3.63, 3.8) is 0 Å². The van der Waals surface area contributed by atoms with Crippen LogP contribution in [0.3, 0.4) is 0 Å². The topological polar surface area (TPSA) is 57.4 Å². The second-order valence-electron chi connectivity index (χ2n) is 12.1. The van der Waals surface area contributed by atoms with Crippen LogP contribution in [0.4, 0.5) is 0 Å². The third kappa shape index (κ3) is 5.07. The van der Waals surface area contributed by atoms with Gasteiger partial charge in [-0.2, -0.15) is 0 Å². The maximum atomic E-state index is 5.39. The van der Waals surface area contributed by atoms with E-state index in [1.54, 1.807) is 45.3 Å². The quantitative estimate of drug-likeness (QED) is 0.193. The summed E-state index contributed by atoms with van der Waals surface area (Å²) in [7, 11) is 0. The highest BCUT2D eigenvalue weighted by molar-refractivity contribution is 7.16. The lowest BCUT2D eigenvalue weighted by Crippen LogP contribution is -1.87. The molecule has 0 saturated heterocycles. The van der Waals surface area contributed by atoms with Gasteiger partial charge < -0.3 is 9.97 Å². The molecule has 7 aromatic rings. The number of fused-ring (bicyclic) bond motifs is 8. The van der Waals surface area contributed by atoms with Gasteiger partial charge >= 0.3 is 0 Å². The van der Waals surface area contributed by atoms with Crippen molar-refractivity contribution in [2.45, 2.75) is 27.7 Å². The minimum absolute atomic E-state index is 0.952. The highest BCUT2D eigenvalue weighted by atomic mass is 32.1. The van der Waals surface area contributed by atoms with E-state index in [9.17, 15) is 0 Å². The van der Waals surface area contributed by atoms with Crippen molar-refractivity contribution in [1.29, 1.82) is 0 Å². The lowest BCUT2D eigenvalue weighted by Gasteiger charge is -2.04. The Morgan fingerprint density at radius 1 is 0.354 bits per heavy atom. The Bertz CT molecular complexity index is 2280. The van der Waals surface area contributed by atoms with Gasteiger partial charge in [0.25, 0.3) is 0 Å². The van der Waals surface area contributed by atoms with Gasteiger partial charge in [0, 0.05) is 83.3 Å². The average molecular weight is 695 g/mol. The van der Waals surface area contributed by atoms with Gasteiger partial charge in [0.05, 0.1) is 22.8 Å². The molecule has 0 amide bonds. The van der Waals surface area contributed by atoms with Gasteiger partial charge in [-0.05, 0) is 125 Å². The standard InChI is InChI=1S/C40H30N4S4/c1-21-5-17-33(45-21)37-25-9-11-27(41-25)38(34-18-6-22(2)46-34)29-13-15-31(43-29)40(36-20-8-24(4)48-36)32-16-14-30(44-32)39(28-12-10-26(37)42-28)35-19-7-23(3)47-35/h5-20,41,44H,1-4H3. The third-order valence-corrected chi connectivity index (χ3v) is 12.8. The Morgan fingerprint density at radius 3 is 0.812 bits per heavy atom. The SMILES string of the molecule is Cc1ccc(-c2c3nc(c(-c4ccc(C)s4)c4ccc([nH]4)c(-c4ccc(C)s4)c4nc(c(-c5ccc(C)s5)c5ccc2[nH]5)C=C4)C=C3)s1. The van der Waals surface area contributed by atoms with E-state index in [4.69, 9.17) is 9.97 Å². The van der Waals surface area contributed by atoms with Crippen molar-refractivity contribution in [2.75, 3.05) is 0 Å². The first-order valence-electron chi connectivity index (χ1n) is 15.8. The number of H-pyrrole nitrogens is 2. The molecule has 8 heteroatoms. The fourth-order valence-corrected chi connectivity index (χ4v) is 10.3. The first-order valence-corrected chi connectivity index (χ1v) is 19.1. The smallest absolute Gasteiger partial charge is 0.0745 e. The maximum absolute atomic E-state index is 5.39. The summed E-state index contributed by atoms with van der Waals surface area (Å²) in [6.07, 6.45) is 8.69. The van der Waals surface area contributed by atoms with Crippen LogP contribution in [0.25, 0.3) is 88.1 Å². The Balaban J connectivity index is 1.48. The summed E-state index contributed by atoms with van der Waals surface area (Å²) in [5.41, 5.74) is 12.4. The third-order valence-electron chi connectivity index (χ3n) is 8.70. The zero-order chi connectivity index (χ0) is 32.5. The molecule has 48 heavy (non-hydrogen) atoms. The highest BCUT2D eigenvalue weighted by Crippen LogP contribution is 2.42. The van der Waals surface area contributed by atoms with Gasteiger partial charge in [0.1, 0.15) is 0 Å². The average Bonchev–Trinajstić information content (AvgIpc) is 3.89. The molecule has 0 unspecified atom stereocenters. The zero-order valence-corrected chi connectivity index (χ0v) is 30.0. The zero-order valence-electron chi connectivity index (χ0n) is 26.8. The molecule has 2 aliphatic rings. The van der Waals surface area contributed by atoms with Crippen molar-refractivity contribution in [2.24, 2.45) is 0 Å². The predicted molar refractivity (Wildman–Crippen MR) is 211 cm³/mol. The molecule has 7 aromatic heterocycles. The second-order valence-corrected chi connectivity index (χ2v) is 17.3. The van der Waals surface area contributed by atoms with Gasteiger partial charge in [0.2, 0.25) is 0 Å². The molecule has 0 fully saturated rings. The molecule has 0 atom stereocenters. The molecule has 0 radical (unpaired) electrons. The van der Waals surface area contributed by atoms with Crippen LogP contribution >= 0.6 is 45.3 Å². The summed E-state index contributed by atoms with van der Waals surface area (Å²) in [5, 5.41) is 0. The monoisotopic (exact) mass is 694 g/mol. The van der Waals surface area contributed by atoms with E-state index in [0.29, 0.717) is 0 Å². The largest absolute Gasteiger partial charge is 0.354 e. The second kappa shape index (κ2) is 11.5. The molecule has 8 bridgehead atoms. The number of hydrogen-bond acceptors (Lipinski definition) is 6. The first kappa shape index (κ1) is 29.5. The number of aryl methyl sites for hydroxylation is 4. The van der Waals surface area contributed by atoms with Gasteiger partial charge in [-0.15, -0.1) is 45.3 Å². The summed E-state index contributed by atoms with van der Waals surface area (Å²) < 4.78 is 0. The van der Waals surface area contributed by atoms with E-state index in [1.165, 1.54) is 39.0 Å². The van der Waals surface area contributed by atoms with Crippen LogP contribution in [-0.2, 0) is 0 Å². The Labute approximate surface area is 294 Å². The number of aromatic nitrogens is 4. The lowest BCUT2D eigenvalue weighted by molar-refractivity contribution is 1.32. The predicted octanol–water partition coefficient (Wildman–Crippen LogP) is 12.8. The van der Waals surface area contributed by atoms with Crippen LogP contribution < -0.4 is 0 Å². The molecule has 9 rings (SSSR count). The fraction of sp³-hybridized carbons (Fsp3) is 0.100. The maximum Gasteiger partial charge on any atom is 0.0745 e. The van der Waals surface area contributed by atoms with Gasteiger partial charge in [-0.25, -0.2) is 9.97 Å². The van der Waals surface area contributed by atoms with Crippen LogP contribution in [0.5, 0.6) is 0 Å². The number of rotatable bonds is 4. The fourth-order valence-electron chi connectivity index (χ4n) is 6.52. The molecule has 0 aliphatic carbocycles. The van der Waals surface area contributed by atoms with Gasteiger partial charge in [-0.1, -0.05) is 0 Å². The normalized spacial score (nSPS) is 12.4. The molecule has 234 valence electrons. The minimum Gasteiger partial charge on any atom is -0.354 e. The van der Waals surface area contributed by atoms with Crippen molar-refractivity contribution < 1.29 is 0 Å². The molecular formula is C40H30N4S4. The van der Waals surface area contributed by atoms with Crippen LogP contribution in [0.15, 0.2) is 72.8 Å². The molecule has 2 N–H and O–H groups in total. The summed E-state index contributed by atoms with van der Waals surface area (Å²) in [5.74, 6) is 0. The molecule has 0 aromatic carbocycles. The number of nitrogens with zero attached hydrogens (tertiary/aromatic N) is 2. The number of hydrogen-bond donors (Lipinski definition) is 2. The van der Waals surface area contributed by atoms with Crippen molar-refractivity contribution >= 4 is 91.7 Å². The van der Waals surface area contributed by atoms with Crippen LogP contribution in [0.2, 0.25) is 0 Å². The molecule has 0 saturated carbocycles. The molecule has 9 heterocycles. The minimum atomic E-state index is 0.952. The number of thiophene rings is 4. The van der Waals surface area contributed by atoms with E-state index >= 15 is 0 Å². The van der Waals surface area contributed by atoms with Crippen LogP contribution in [0, 0.1) is 27.7 Å². The highest BCUT2D eigenvalue weighted by Gasteiger charge is 2.20. The molecule has 2 aliphatic heterocycles. The van der Waals surface area contributed by atoms with E-state index < -0.39 is 0 Å². The lowest BCUT2D eigenvalue weighted by atomic mass is 10.1. The first-order chi connectivity index (χ1) is 23.4. The molecule has 4 nitrogen and oxygen atoms in total. The van der Waals surface area contributed by atoms with Crippen molar-refractivity contribution in [1.82, 2.24) is 19.9 Å². The number of aromatic amines is 2. The summed E-state index contributed by atoms with van der Waals surface area (Å²) in [4.78, 5) is 28.3. The summed E-state index contributed by atoms with van der Waals surface area (Å²) in [6.45, 7) is 8.64. The van der Waals surface area contributed by atoms with Crippen molar-refractivity contribution in [3.05, 3.63) is 115 Å². The Kier molecular flexibility index (Phi) is 7.09. The molecular weight excluding hydrogens is 665 g/mol. The van der Waals surface area contributed by atoms with Crippen LogP contribution in [0.1, 0.15) is 42.3 Å². The van der Waals surface area contributed by atoms with E-state index in [2.05, 4.69) is 135 Å². The van der Waals surface area contributed by atoms with E-state index in [0.717, 1.165) is 67.1 Å². The van der Waals surface area contributed by atoms with Gasteiger partial charge in [0.15, 0.2) is 0 Å². The van der Waals surface area contributed by atoms with Gasteiger partial charge in [-0.3, -0.25) is 0 Å². The Hall–Kier alpha value is -4.60. The summed E-state index contributed by atoms with van der Waals surface area (Å²) >= 11 is 7.19. The van der Waals surface area contributed by atoms with Crippen LogP contribution in [-0.4, -0.2) is 19.9 Å². The number of nitrogens with one attached hydrogen (secondary N) is 2.